The van der Waals surface area contributed by atoms with Gasteiger partial charge in [-0.05, 0) is 25.7 Å². The molecule has 0 spiro atoms. The number of ether oxygens (including phenoxy) is 1. The van der Waals surface area contributed by atoms with Gasteiger partial charge < -0.3 is 4.74 Å². The minimum atomic E-state index is 0.0370. The number of hydrogen-bond acceptors (Lipinski definition) is 2. The molecule has 0 aliphatic heterocycles. The van der Waals surface area contributed by atoms with Crippen LogP contribution in [0, 0.1) is 0 Å². The van der Waals surface area contributed by atoms with Crippen LogP contribution in [0.25, 0.3) is 0 Å². The Hall–Kier alpha value is -0.530. The Morgan fingerprint density at radius 1 is 0.600 bits per heavy atom. The third kappa shape index (κ3) is 18.1. The first-order valence-corrected chi connectivity index (χ1v) is 11.4. The molecule has 1 atom stereocenters. The van der Waals surface area contributed by atoms with Crippen LogP contribution in [0.15, 0.2) is 0 Å². The molecule has 2 heteroatoms. The molecule has 0 amide bonds. The van der Waals surface area contributed by atoms with Crippen molar-refractivity contribution >= 4 is 5.97 Å². The Bertz CT molecular complexity index is 275. The average Bonchev–Trinajstić information content (AvgIpc) is 2.60. The van der Waals surface area contributed by atoms with Gasteiger partial charge in [0.1, 0.15) is 6.10 Å². The first-order chi connectivity index (χ1) is 12.2. The predicted molar refractivity (Wildman–Crippen MR) is 110 cm³/mol. The van der Waals surface area contributed by atoms with Gasteiger partial charge >= 0.3 is 5.97 Å². The van der Waals surface area contributed by atoms with Crippen molar-refractivity contribution < 1.29 is 9.53 Å². The summed E-state index contributed by atoms with van der Waals surface area (Å²) in [5.41, 5.74) is 0. The molecule has 0 radical (unpaired) electrons. The van der Waals surface area contributed by atoms with Gasteiger partial charge in [-0.3, -0.25) is 4.79 Å². The Morgan fingerprint density at radius 3 is 1.60 bits per heavy atom. The van der Waals surface area contributed by atoms with Gasteiger partial charge in [0.05, 0.1) is 0 Å². The first kappa shape index (κ1) is 24.5. The molecule has 0 fully saturated rings. The number of carbonyl (C=O) groups excluding carboxylic acids is 1. The quantitative estimate of drug-likeness (QED) is 0.173. The summed E-state index contributed by atoms with van der Waals surface area (Å²) in [6.45, 7) is 6.68. The SMILES string of the molecule is CCCCCCCCCCCC(=O)O[C@@H](CCC)CCCCCCC. The van der Waals surface area contributed by atoms with E-state index in [4.69, 9.17) is 4.74 Å². The summed E-state index contributed by atoms with van der Waals surface area (Å²) in [5, 5.41) is 0. The van der Waals surface area contributed by atoms with E-state index in [2.05, 4.69) is 20.8 Å². The van der Waals surface area contributed by atoms with E-state index in [-0.39, 0.29) is 12.1 Å². The molecule has 0 aliphatic rings. The topological polar surface area (TPSA) is 26.3 Å². The van der Waals surface area contributed by atoms with Gasteiger partial charge in [-0.2, -0.15) is 0 Å². The molecule has 0 aromatic carbocycles. The van der Waals surface area contributed by atoms with Gasteiger partial charge in [-0.1, -0.05) is 104 Å². The summed E-state index contributed by atoms with van der Waals surface area (Å²) >= 11 is 0. The van der Waals surface area contributed by atoms with Crippen molar-refractivity contribution in [2.45, 2.75) is 142 Å². The maximum Gasteiger partial charge on any atom is 0.306 e. The number of hydrogen-bond donors (Lipinski definition) is 0. The third-order valence-electron chi connectivity index (χ3n) is 5.02. The second-order valence-corrected chi connectivity index (χ2v) is 7.68. The molecule has 25 heavy (non-hydrogen) atoms. The van der Waals surface area contributed by atoms with E-state index >= 15 is 0 Å². The van der Waals surface area contributed by atoms with E-state index < -0.39 is 0 Å². The van der Waals surface area contributed by atoms with Crippen molar-refractivity contribution in [1.82, 2.24) is 0 Å². The molecule has 0 aliphatic carbocycles. The monoisotopic (exact) mass is 354 g/mol. The minimum absolute atomic E-state index is 0.0370. The lowest BCUT2D eigenvalue weighted by Crippen LogP contribution is -2.18. The van der Waals surface area contributed by atoms with Crippen LogP contribution in [0.2, 0.25) is 0 Å². The highest BCUT2D eigenvalue weighted by atomic mass is 16.5. The standard InChI is InChI=1S/C23H46O2/c1-4-7-9-11-12-13-14-16-18-21-23(24)25-22(19-6-3)20-17-15-10-8-5-2/h22H,4-21H2,1-3H3/t22-/m0/s1. The highest BCUT2D eigenvalue weighted by molar-refractivity contribution is 5.69. The highest BCUT2D eigenvalue weighted by Crippen LogP contribution is 2.16. The largest absolute Gasteiger partial charge is 0.462 e. The fourth-order valence-electron chi connectivity index (χ4n) is 3.38. The summed E-state index contributed by atoms with van der Waals surface area (Å²) in [4.78, 5) is 12.0. The Balaban J connectivity index is 3.60. The van der Waals surface area contributed by atoms with E-state index in [0.717, 1.165) is 25.7 Å². The molecule has 0 bridgehead atoms. The Kier molecular flexibility index (Phi) is 19.4. The highest BCUT2D eigenvalue weighted by Gasteiger charge is 2.13. The third-order valence-corrected chi connectivity index (χ3v) is 5.02. The van der Waals surface area contributed by atoms with E-state index in [1.807, 2.05) is 0 Å². The second-order valence-electron chi connectivity index (χ2n) is 7.68. The number of unbranched alkanes of at least 4 members (excludes halogenated alkanes) is 12. The number of carbonyl (C=O) groups is 1. The fourth-order valence-corrected chi connectivity index (χ4v) is 3.38. The minimum Gasteiger partial charge on any atom is -0.462 e. The summed E-state index contributed by atoms with van der Waals surface area (Å²) < 4.78 is 5.73. The van der Waals surface area contributed by atoms with Crippen LogP contribution in [-0.4, -0.2) is 12.1 Å². The van der Waals surface area contributed by atoms with Gasteiger partial charge in [0, 0.05) is 6.42 Å². The van der Waals surface area contributed by atoms with Crippen molar-refractivity contribution in [3.05, 3.63) is 0 Å². The lowest BCUT2D eigenvalue weighted by Gasteiger charge is -2.17. The van der Waals surface area contributed by atoms with E-state index in [1.54, 1.807) is 0 Å². The Morgan fingerprint density at radius 2 is 1.08 bits per heavy atom. The van der Waals surface area contributed by atoms with E-state index in [9.17, 15) is 4.79 Å². The van der Waals surface area contributed by atoms with Gasteiger partial charge in [-0.25, -0.2) is 0 Å². The molecule has 150 valence electrons. The van der Waals surface area contributed by atoms with Gasteiger partial charge in [0.2, 0.25) is 0 Å². The molecule has 0 unspecified atom stereocenters. The molecule has 0 aromatic heterocycles. The molecular formula is C23H46O2. The second kappa shape index (κ2) is 19.8. The van der Waals surface area contributed by atoms with E-state index in [1.165, 1.54) is 83.5 Å². The normalized spacial score (nSPS) is 12.3. The van der Waals surface area contributed by atoms with Crippen molar-refractivity contribution in [2.75, 3.05) is 0 Å². The van der Waals surface area contributed by atoms with Crippen molar-refractivity contribution in [2.24, 2.45) is 0 Å². The zero-order valence-electron chi connectivity index (χ0n) is 17.6. The Labute approximate surface area is 158 Å². The van der Waals surface area contributed by atoms with Crippen LogP contribution in [0.3, 0.4) is 0 Å². The maximum atomic E-state index is 12.0. The van der Waals surface area contributed by atoms with Crippen LogP contribution < -0.4 is 0 Å². The number of rotatable bonds is 19. The van der Waals surface area contributed by atoms with Crippen LogP contribution >= 0.6 is 0 Å². The summed E-state index contributed by atoms with van der Waals surface area (Å²) in [6, 6.07) is 0. The maximum absolute atomic E-state index is 12.0. The lowest BCUT2D eigenvalue weighted by atomic mass is 10.0. The number of esters is 1. The molecule has 0 N–H and O–H groups in total. The van der Waals surface area contributed by atoms with Crippen LogP contribution in [0.5, 0.6) is 0 Å². The molecular weight excluding hydrogens is 308 g/mol. The van der Waals surface area contributed by atoms with Crippen molar-refractivity contribution in [1.29, 1.82) is 0 Å². The molecule has 0 heterocycles. The van der Waals surface area contributed by atoms with Crippen molar-refractivity contribution in [3.8, 4) is 0 Å². The molecule has 0 saturated heterocycles. The summed E-state index contributed by atoms with van der Waals surface area (Å²) in [7, 11) is 0. The van der Waals surface area contributed by atoms with Gasteiger partial charge in [0.15, 0.2) is 0 Å². The fraction of sp³-hybridized carbons (Fsp3) is 0.957. The molecule has 0 aromatic rings. The van der Waals surface area contributed by atoms with E-state index in [0.29, 0.717) is 6.42 Å². The molecule has 2 nitrogen and oxygen atoms in total. The van der Waals surface area contributed by atoms with Gasteiger partial charge in [-0.15, -0.1) is 0 Å². The van der Waals surface area contributed by atoms with Crippen LogP contribution in [0.4, 0.5) is 0 Å². The first-order valence-electron chi connectivity index (χ1n) is 11.4. The molecule has 0 rings (SSSR count). The summed E-state index contributed by atoms with van der Waals surface area (Å²) in [5.74, 6) is 0.0370. The zero-order valence-corrected chi connectivity index (χ0v) is 17.6. The van der Waals surface area contributed by atoms with Crippen molar-refractivity contribution in [3.63, 3.8) is 0 Å². The van der Waals surface area contributed by atoms with Gasteiger partial charge in [0.25, 0.3) is 0 Å². The van der Waals surface area contributed by atoms with Crippen LogP contribution in [0.1, 0.15) is 136 Å². The van der Waals surface area contributed by atoms with Crippen LogP contribution in [-0.2, 0) is 9.53 Å². The average molecular weight is 355 g/mol. The zero-order chi connectivity index (χ0) is 18.6. The lowest BCUT2D eigenvalue weighted by molar-refractivity contribution is -0.150. The summed E-state index contributed by atoms with van der Waals surface area (Å²) in [6.07, 6.45) is 22.0. The smallest absolute Gasteiger partial charge is 0.306 e. The molecule has 0 saturated carbocycles. The predicted octanol–water partition coefficient (Wildman–Crippen LogP) is 7.98.